The Labute approximate surface area is 107 Å². The lowest BCUT2D eigenvalue weighted by Gasteiger charge is -2.12. The van der Waals surface area contributed by atoms with Crippen LogP contribution in [0.25, 0.3) is 0 Å². The SMILES string of the molecule is CSc1ccc(CN[C@@H]2C=C[C@H](CO)C2)cc1. The molecule has 0 aliphatic heterocycles. The second kappa shape index (κ2) is 6.24. The van der Waals surface area contributed by atoms with Gasteiger partial charge in [-0.15, -0.1) is 11.8 Å². The summed E-state index contributed by atoms with van der Waals surface area (Å²) in [6.45, 7) is 1.15. The van der Waals surface area contributed by atoms with Crippen molar-refractivity contribution in [3.05, 3.63) is 42.0 Å². The highest BCUT2D eigenvalue weighted by Crippen LogP contribution is 2.18. The van der Waals surface area contributed by atoms with Crippen LogP contribution in [-0.2, 0) is 6.54 Å². The Hall–Kier alpha value is -0.770. The number of thioether (sulfide) groups is 1. The summed E-state index contributed by atoms with van der Waals surface area (Å²) in [7, 11) is 0. The van der Waals surface area contributed by atoms with Crippen LogP contribution in [0.3, 0.4) is 0 Å². The maximum absolute atomic E-state index is 9.05. The van der Waals surface area contributed by atoms with Crippen LogP contribution >= 0.6 is 11.8 Å². The molecule has 92 valence electrons. The molecular weight excluding hydrogens is 230 g/mol. The van der Waals surface area contributed by atoms with E-state index in [0.717, 1.165) is 13.0 Å². The fourth-order valence-electron chi connectivity index (χ4n) is 2.05. The van der Waals surface area contributed by atoms with E-state index < -0.39 is 0 Å². The van der Waals surface area contributed by atoms with Crippen LogP contribution in [0.15, 0.2) is 41.3 Å². The van der Waals surface area contributed by atoms with E-state index in [1.165, 1.54) is 10.5 Å². The molecule has 1 aromatic rings. The van der Waals surface area contributed by atoms with E-state index in [1.807, 2.05) is 0 Å². The molecule has 2 rings (SSSR count). The van der Waals surface area contributed by atoms with Crippen LogP contribution in [-0.4, -0.2) is 24.0 Å². The van der Waals surface area contributed by atoms with Crippen molar-refractivity contribution in [2.24, 2.45) is 5.92 Å². The first-order chi connectivity index (χ1) is 8.31. The number of aliphatic hydroxyl groups is 1. The highest BCUT2D eigenvalue weighted by molar-refractivity contribution is 7.98. The Bertz CT molecular complexity index is 374. The highest BCUT2D eigenvalue weighted by Gasteiger charge is 2.17. The number of benzene rings is 1. The van der Waals surface area contributed by atoms with Crippen LogP contribution < -0.4 is 5.32 Å². The molecule has 0 fully saturated rings. The predicted molar refractivity (Wildman–Crippen MR) is 73.2 cm³/mol. The van der Waals surface area contributed by atoms with Crippen molar-refractivity contribution in [1.82, 2.24) is 5.32 Å². The van der Waals surface area contributed by atoms with Crippen molar-refractivity contribution in [2.75, 3.05) is 12.9 Å². The third-order valence-corrected chi connectivity index (χ3v) is 3.88. The lowest BCUT2D eigenvalue weighted by atomic mass is 10.1. The van der Waals surface area contributed by atoms with E-state index in [1.54, 1.807) is 11.8 Å². The van der Waals surface area contributed by atoms with E-state index in [-0.39, 0.29) is 6.61 Å². The zero-order valence-electron chi connectivity index (χ0n) is 10.1. The van der Waals surface area contributed by atoms with Gasteiger partial charge in [0, 0.05) is 30.0 Å². The third kappa shape index (κ3) is 3.60. The van der Waals surface area contributed by atoms with E-state index in [0.29, 0.717) is 12.0 Å². The quantitative estimate of drug-likeness (QED) is 0.621. The highest BCUT2D eigenvalue weighted by atomic mass is 32.2. The van der Waals surface area contributed by atoms with Gasteiger partial charge in [-0.25, -0.2) is 0 Å². The number of aliphatic hydroxyl groups excluding tert-OH is 1. The van der Waals surface area contributed by atoms with Crippen molar-refractivity contribution in [3.63, 3.8) is 0 Å². The van der Waals surface area contributed by atoms with Gasteiger partial charge in [-0.2, -0.15) is 0 Å². The summed E-state index contributed by atoms with van der Waals surface area (Å²) in [6, 6.07) is 9.06. The van der Waals surface area contributed by atoms with Gasteiger partial charge < -0.3 is 10.4 Å². The molecular formula is C14H19NOS. The topological polar surface area (TPSA) is 32.3 Å². The number of rotatable bonds is 5. The van der Waals surface area contributed by atoms with Gasteiger partial charge in [-0.05, 0) is 30.4 Å². The summed E-state index contributed by atoms with van der Waals surface area (Å²) in [5.74, 6) is 0.339. The van der Waals surface area contributed by atoms with Gasteiger partial charge in [0.05, 0.1) is 0 Å². The van der Waals surface area contributed by atoms with Gasteiger partial charge in [0.25, 0.3) is 0 Å². The van der Waals surface area contributed by atoms with Gasteiger partial charge in [-0.3, -0.25) is 0 Å². The summed E-state index contributed by atoms with van der Waals surface area (Å²) >= 11 is 1.76. The van der Waals surface area contributed by atoms with Crippen LogP contribution in [0.5, 0.6) is 0 Å². The summed E-state index contributed by atoms with van der Waals surface area (Å²) in [4.78, 5) is 1.30. The fraction of sp³-hybridized carbons (Fsp3) is 0.429. The largest absolute Gasteiger partial charge is 0.396 e. The molecule has 0 radical (unpaired) electrons. The van der Waals surface area contributed by atoms with Crippen LogP contribution in [0.1, 0.15) is 12.0 Å². The summed E-state index contributed by atoms with van der Waals surface area (Å²) < 4.78 is 0. The predicted octanol–water partition coefficient (Wildman–Crippen LogP) is 2.44. The summed E-state index contributed by atoms with van der Waals surface area (Å²) in [5.41, 5.74) is 1.31. The molecule has 0 saturated heterocycles. The first kappa shape index (κ1) is 12.7. The van der Waals surface area contributed by atoms with E-state index in [4.69, 9.17) is 5.11 Å². The lowest BCUT2D eigenvalue weighted by Crippen LogP contribution is -2.26. The standard InChI is InChI=1S/C14H19NOS/c1-17-14-6-3-11(4-7-14)9-15-13-5-2-12(8-13)10-16/h2-7,12-13,15-16H,8-10H2,1H3/t12-,13+/m0/s1. The second-order valence-electron chi connectivity index (χ2n) is 4.40. The molecule has 0 unspecified atom stereocenters. The Kier molecular flexibility index (Phi) is 4.66. The van der Waals surface area contributed by atoms with Crippen molar-refractivity contribution in [2.45, 2.75) is 23.9 Å². The third-order valence-electron chi connectivity index (χ3n) is 3.13. The van der Waals surface area contributed by atoms with E-state index in [9.17, 15) is 0 Å². The lowest BCUT2D eigenvalue weighted by molar-refractivity contribution is 0.246. The summed E-state index contributed by atoms with van der Waals surface area (Å²) in [5, 5.41) is 12.5. The molecule has 1 aliphatic carbocycles. The van der Waals surface area contributed by atoms with Crippen molar-refractivity contribution >= 4 is 11.8 Å². The minimum Gasteiger partial charge on any atom is -0.396 e. The van der Waals surface area contributed by atoms with Crippen molar-refractivity contribution < 1.29 is 5.11 Å². The van der Waals surface area contributed by atoms with Gasteiger partial charge >= 0.3 is 0 Å². The average Bonchev–Trinajstić information content (AvgIpc) is 2.85. The monoisotopic (exact) mass is 249 g/mol. The average molecular weight is 249 g/mol. The number of nitrogens with one attached hydrogen (secondary N) is 1. The van der Waals surface area contributed by atoms with Crippen LogP contribution in [0.4, 0.5) is 0 Å². The first-order valence-electron chi connectivity index (χ1n) is 5.97. The molecule has 1 aliphatic rings. The van der Waals surface area contributed by atoms with E-state index >= 15 is 0 Å². The molecule has 2 nitrogen and oxygen atoms in total. The molecule has 0 saturated carbocycles. The Morgan fingerprint density at radius 3 is 2.65 bits per heavy atom. The molecule has 0 bridgehead atoms. The maximum atomic E-state index is 9.05. The van der Waals surface area contributed by atoms with Crippen LogP contribution in [0, 0.1) is 5.92 Å². The van der Waals surface area contributed by atoms with Gasteiger partial charge in [-0.1, -0.05) is 24.3 Å². The van der Waals surface area contributed by atoms with Crippen molar-refractivity contribution in [3.8, 4) is 0 Å². The molecule has 3 heteroatoms. The minimum absolute atomic E-state index is 0.261. The van der Waals surface area contributed by atoms with Gasteiger partial charge in [0.2, 0.25) is 0 Å². The fourth-order valence-corrected chi connectivity index (χ4v) is 2.46. The Morgan fingerprint density at radius 2 is 2.06 bits per heavy atom. The number of hydrogen-bond donors (Lipinski definition) is 2. The molecule has 1 aromatic carbocycles. The number of hydrogen-bond acceptors (Lipinski definition) is 3. The van der Waals surface area contributed by atoms with Crippen molar-refractivity contribution in [1.29, 1.82) is 0 Å². The molecule has 17 heavy (non-hydrogen) atoms. The first-order valence-corrected chi connectivity index (χ1v) is 7.20. The maximum Gasteiger partial charge on any atom is 0.0494 e. The molecule has 0 aromatic heterocycles. The normalized spacial score (nSPS) is 23.2. The minimum atomic E-state index is 0.261. The van der Waals surface area contributed by atoms with Gasteiger partial charge in [0.1, 0.15) is 0 Å². The molecule has 2 N–H and O–H groups in total. The molecule has 0 spiro atoms. The van der Waals surface area contributed by atoms with Gasteiger partial charge in [0.15, 0.2) is 0 Å². The molecule has 0 amide bonds. The molecule has 0 heterocycles. The Balaban J connectivity index is 1.80. The smallest absolute Gasteiger partial charge is 0.0494 e. The zero-order chi connectivity index (χ0) is 12.1. The summed E-state index contributed by atoms with van der Waals surface area (Å²) in [6.07, 6.45) is 7.37. The van der Waals surface area contributed by atoms with E-state index in [2.05, 4.69) is 48.0 Å². The van der Waals surface area contributed by atoms with Crippen LogP contribution in [0.2, 0.25) is 0 Å². The zero-order valence-corrected chi connectivity index (χ0v) is 10.9. The molecule has 2 atom stereocenters. The second-order valence-corrected chi connectivity index (χ2v) is 5.28. The Morgan fingerprint density at radius 1 is 1.29 bits per heavy atom.